The third-order valence-electron chi connectivity index (χ3n) is 4.92. The smallest absolute Gasteiger partial charge is 0.417 e. The maximum Gasteiger partial charge on any atom is 0.417 e. The van der Waals surface area contributed by atoms with E-state index in [0.717, 1.165) is 10.5 Å². The molecule has 7 heteroatoms. The van der Waals surface area contributed by atoms with E-state index in [9.17, 15) is 14.4 Å². The quantitative estimate of drug-likeness (QED) is 0.738. The van der Waals surface area contributed by atoms with Gasteiger partial charge >= 0.3 is 6.09 Å². The van der Waals surface area contributed by atoms with Crippen LogP contribution in [0.4, 0.5) is 4.79 Å². The predicted molar refractivity (Wildman–Crippen MR) is 97.6 cm³/mol. The number of nitrogens with zero attached hydrogens (tertiary/aromatic N) is 2. The van der Waals surface area contributed by atoms with E-state index in [4.69, 9.17) is 9.47 Å². The topological polar surface area (TPSA) is 76.2 Å². The number of morpholine rings is 1. The van der Waals surface area contributed by atoms with Crippen LogP contribution in [-0.2, 0) is 25.7 Å². The Morgan fingerprint density at radius 2 is 1.85 bits per heavy atom. The number of rotatable bonds is 5. The maximum atomic E-state index is 13.0. The molecule has 146 valence electrons. The SMILES string of the molecule is CC(C)C[C@H]1C(=O)N(C(=O)OCc2ccccc2)C1C(=O)N1CCOCC1. The molecule has 2 heterocycles. The van der Waals surface area contributed by atoms with Gasteiger partial charge in [-0.05, 0) is 17.9 Å². The summed E-state index contributed by atoms with van der Waals surface area (Å²) in [5.41, 5.74) is 0.827. The number of ether oxygens (including phenoxy) is 2. The standard InChI is InChI=1S/C20H26N2O5/c1-14(2)12-16-17(19(24)21-8-10-26-11-9-21)22(18(16)23)20(25)27-13-15-6-4-3-5-7-15/h3-7,14,16-17H,8-13H2,1-2H3/t16-,17?/m1/s1. The van der Waals surface area contributed by atoms with E-state index >= 15 is 0 Å². The molecule has 2 aliphatic heterocycles. The van der Waals surface area contributed by atoms with Crippen molar-refractivity contribution in [1.82, 2.24) is 9.80 Å². The van der Waals surface area contributed by atoms with Crippen LogP contribution >= 0.6 is 0 Å². The highest BCUT2D eigenvalue weighted by molar-refractivity contribution is 6.07. The minimum Gasteiger partial charge on any atom is -0.444 e. The number of imide groups is 1. The van der Waals surface area contributed by atoms with Crippen molar-refractivity contribution in [2.45, 2.75) is 32.9 Å². The van der Waals surface area contributed by atoms with Gasteiger partial charge in [-0.1, -0.05) is 44.2 Å². The number of carbonyl (C=O) groups excluding carboxylic acids is 3. The minimum absolute atomic E-state index is 0.0662. The summed E-state index contributed by atoms with van der Waals surface area (Å²) in [5.74, 6) is -0.736. The zero-order valence-corrected chi connectivity index (χ0v) is 15.8. The molecular weight excluding hydrogens is 348 g/mol. The number of carbonyl (C=O) groups is 3. The van der Waals surface area contributed by atoms with Crippen molar-refractivity contribution in [2.24, 2.45) is 11.8 Å². The van der Waals surface area contributed by atoms with E-state index in [1.54, 1.807) is 4.90 Å². The highest BCUT2D eigenvalue weighted by Crippen LogP contribution is 2.34. The molecule has 0 saturated carbocycles. The van der Waals surface area contributed by atoms with Gasteiger partial charge < -0.3 is 14.4 Å². The number of β-lactam (4-membered cyclic amide) rings is 1. The summed E-state index contributed by atoms with van der Waals surface area (Å²) in [7, 11) is 0. The van der Waals surface area contributed by atoms with E-state index < -0.39 is 18.1 Å². The summed E-state index contributed by atoms with van der Waals surface area (Å²) >= 11 is 0. The molecule has 2 saturated heterocycles. The van der Waals surface area contributed by atoms with E-state index in [0.29, 0.717) is 32.7 Å². The molecule has 1 aromatic carbocycles. The summed E-state index contributed by atoms with van der Waals surface area (Å²) < 4.78 is 10.6. The molecular formula is C20H26N2O5. The van der Waals surface area contributed by atoms with Crippen molar-refractivity contribution in [1.29, 1.82) is 0 Å². The molecule has 0 aliphatic carbocycles. The van der Waals surface area contributed by atoms with Crippen molar-refractivity contribution in [3.05, 3.63) is 35.9 Å². The molecule has 7 nitrogen and oxygen atoms in total. The fourth-order valence-corrected chi connectivity index (χ4v) is 3.53. The Morgan fingerprint density at radius 1 is 1.19 bits per heavy atom. The average Bonchev–Trinajstić information content (AvgIpc) is 2.69. The lowest BCUT2D eigenvalue weighted by Gasteiger charge is -2.46. The monoisotopic (exact) mass is 374 g/mol. The third kappa shape index (κ3) is 4.30. The first kappa shape index (κ1) is 19.4. The van der Waals surface area contributed by atoms with Crippen LogP contribution < -0.4 is 0 Å². The van der Waals surface area contributed by atoms with Gasteiger partial charge in [-0.2, -0.15) is 0 Å². The van der Waals surface area contributed by atoms with Crippen LogP contribution in [0, 0.1) is 11.8 Å². The molecule has 0 aromatic heterocycles. The summed E-state index contributed by atoms with van der Waals surface area (Å²) in [6.45, 7) is 5.96. The molecule has 0 radical (unpaired) electrons. The van der Waals surface area contributed by atoms with Gasteiger partial charge in [-0.25, -0.2) is 9.69 Å². The molecule has 2 aliphatic rings. The second kappa shape index (κ2) is 8.52. The van der Waals surface area contributed by atoms with Crippen LogP contribution in [0.25, 0.3) is 0 Å². The van der Waals surface area contributed by atoms with Gasteiger partial charge in [0.15, 0.2) is 0 Å². The van der Waals surface area contributed by atoms with Crippen LogP contribution in [0.3, 0.4) is 0 Å². The van der Waals surface area contributed by atoms with Gasteiger partial charge in [0.05, 0.1) is 19.1 Å². The Balaban J connectivity index is 1.69. The fourth-order valence-electron chi connectivity index (χ4n) is 3.53. The Hall–Kier alpha value is -2.41. The Labute approximate surface area is 159 Å². The minimum atomic E-state index is -0.777. The third-order valence-corrected chi connectivity index (χ3v) is 4.92. The van der Waals surface area contributed by atoms with Crippen molar-refractivity contribution in [3.8, 4) is 0 Å². The highest BCUT2D eigenvalue weighted by atomic mass is 16.6. The van der Waals surface area contributed by atoms with Crippen molar-refractivity contribution in [2.75, 3.05) is 26.3 Å². The van der Waals surface area contributed by atoms with Crippen LogP contribution in [-0.4, -0.2) is 60.1 Å². The Bertz CT molecular complexity index is 685. The van der Waals surface area contributed by atoms with Gasteiger partial charge in [-0.3, -0.25) is 9.59 Å². The van der Waals surface area contributed by atoms with Crippen LogP contribution in [0.5, 0.6) is 0 Å². The first-order valence-corrected chi connectivity index (χ1v) is 9.39. The zero-order chi connectivity index (χ0) is 19.4. The molecule has 1 aromatic rings. The molecule has 0 N–H and O–H groups in total. The number of amides is 3. The summed E-state index contributed by atoms with van der Waals surface area (Å²) in [4.78, 5) is 40.7. The molecule has 0 spiro atoms. The number of benzene rings is 1. The summed E-state index contributed by atoms with van der Waals surface area (Å²) in [6, 6.07) is 8.47. The first-order valence-electron chi connectivity index (χ1n) is 9.39. The van der Waals surface area contributed by atoms with Gasteiger partial charge in [0.2, 0.25) is 11.8 Å². The molecule has 1 unspecified atom stereocenters. The van der Waals surface area contributed by atoms with Crippen LogP contribution in [0.1, 0.15) is 25.8 Å². The second-order valence-electron chi connectivity index (χ2n) is 7.37. The second-order valence-corrected chi connectivity index (χ2v) is 7.37. The Morgan fingerprint density at radius 3 is 2.48 bits per heavy atom. The average molecular weight is 374 g/mol. The fraction of sp³-hybridized carbons (Fsp3) is 0.550. The van der Waals surface area contributed by atoms with E-state index in [1.807, 2.05) is 44.2 Å². The van der Waals surface area contributed by atoms with Crippen molar-refractivity contribution < 1.29 is 23.9 Å². The van der Waals surface area contributed by atoms with Crippen LogP contribution in [0.15, 0.2) is 30.3 Å². The van der Waals surface area contributed by atoms with Gasteiger partial charge in [0, 0.05) is 13.1 Å². The van der Waals surface area contributed by atoms with E-state index in [1.165, 1.54) is 0 Å². The largest absolute Gasteiger partial charge is 0.444 e. The van der Waals surface area contributed by atoms with Crippen molar-refractivity contribution in [3.63, 3.8) is 0 Å². The first-order chi connectivity index (χ1) is 13.0. The molecule has 27 heavy (non-hydrogen) atoms. The zero-order valence-electron chi connectivity index (χ0n) is 15.8. The number of hydrogen-bond acceptors (Lipinski definition) is 5. The lowest BCUT2D eigenvalue weighted by molar-refractivity contribution is -0.167. The predicted octanol–water partition coefficient (Wildman–Crippen LogP) is 2.06. The molecule has 0 bridgehead atoms. The normalized spacial score (nSPS) is 22.6. The van der Waals surface area contributed by atoms with E-state index in [-0.39, 0.29) is 24.3 Å². The van der Waals surface area contributed by atoms with Gasteiger partial charge in [0.1, 0.15) is 12.6 Å². The molecule has 3 amide bonds. The lowest BCUT2D eigenvalue weighted by Crippen LogP contribution is -2.69. The van der Waals surface area contributed by atoms with Gasteiger partial charge in [-0.15, -0.1) is 0 Å². The number of hydrogen-bond donors (Lipinski definition) is 0. The molecule has 2 atom stereocenters. The summed E-state index contributed by atoms with van der Waals surface area (Å²) in [6.07, 6.45) is -0.183. The van der Waals surface area contributed by atoms with E-state index in [2.05, 4.69) is 0 Å². The summed E-state index contributed by atoms with van der Waals surface area (Å²) in [5, 5.41) is 0. The number of likely N-dealkylation sites (tertiary alicyclic amines) is 1. The maximum absolute atomic E-state index is 13.0. The molecule has 2 fully saturated rings. The lowest BCUT2D eigenvalue weighted by atomic mass is 9.80. The van der Waals surface area contributed by atoms with Crippen LogP contribution in [0.2, 0.25) is 0 Å². The Kier molecular flexibility index (Phi) is 6.11. The van der Waals surface area contributed by atoms with Crippen molar-refractivity contribution >= 4 is 17.9 Å². The molecule has 3 rings (SSSR count). The highest BCUT2D eigenvalue weighted by Gasteiger charge is 2.56. The van der Waals surface area contributed by atoms with Gasteiger partial charge in [0.25, 0.3) is 0 Å².